The Bertz CT molecular complexity index is 439. The van der Waals surface area contributed by atoms with Gasteiger partial charge in [0.05, 0.1) is 21.5 Å². The van der Waals surface area contributed by atoms with E-state index in [1.807, 2.05) is 0 Å². The summed E-state index contributed by atoms with van der Waals surface area (Å²) >= 11 is 17.3. The first-order valence-corrected chi connectivity index (χ1v) is 5.69. The molecular weight excluding hydrogens is 288 g/mol. The van der Waals surface area contributed by atoms with Crippen LogP contribution < -0.4 is 5.32 Å². The van der Waals surface area contributed by atoms with E-state index in [0.29, 0.717) is 5.69 Å². The number of carbonyl (C=O) groups is 2. The largest absolute Gasteiger partial charge is 0.481 e. The lowest BCUT2D eigenvalue weighted by Crippen LogP contribution is -2.13. The monoisotopic (exact) mass is 295 g/mol. The summed E-state index contributed by atoms with van der Waals surface area (Å²) in [4.78, 5) is 21.6. The van der Waals surface area contributed by atoms with Crippen LogP contribution in [0, 0.1) is 0 Å². The highest BCUT2D eigenvalue weighted by atomic mass is 35.5. The maximum absolute atomic E-state index is 11.3. The molecule has 0 fully saturated rings. The number of rotatable bonds is 4. The van der Waals surface area contributed by atoms with Crippen LogP contribution in [-0.4, -0.2) is 17.0 Å². The average Bonchev–Trinajstić information content (AvgIpc) is 2.23. The van der Waals surface area contributed by atoms with E-state index in [1.165, 1.54) is 12.1 Å². The Hall–Kier alpha value is -0.970. The van der Waals surface area contributed by atoms with Gasteiger partial charge in [-0.05, 0) is 12.1 Å². The molecule has 0 saturated carbocycles. The van der Waals surface area contributed by atoms with Crippen molar-refractivity contribution < 1.29 is 14.7 Å². The number of hydrogen-bond acceptors (Lipinski definition) is 2. The topological polar surface area (TPSA) is 66.4 Å². The van der Waals surface area contributed by atoms with Crippen LogP contribution >= 0.6 is 34.8 Å². The molecule has 1 aromatic rings. The third kappa shape index (κ3) is 4.42. The summed E-state index contributed by atoms with van der Waals surface area (Å²) in [6.07, 6.45) is -0.353. The third-order valence-corrected chi connectivity index (χ3v) is 3.03. The summed E-state index contributed by atoms with van der Waals surface area (Å²) in [6.45, 7) is 0. The van der Waals surface area contributed by atoms with Gasteiger partial charge in [-0.1, -0.05) is 34.8 Å². The fraction of sp³-hybridized carbons (Fsp3) is 0.200. The fourth-order valence-corrected chi connectivity index (χ4v) is 1.67. The van der Waals surface area contributed by atoms with Crippen molar-refractivity contribution in [2.75, 3.05) is 5.32 Å². The Morgan fingerprint density at radius 3 is 2.12 bits per heavy atom. The standard InChI is InChI=1S/C10H8Cl3NO3/c11-6-3-5(4-7(12)10(6)13)14-8(15)1-2-9(16)17/h3-4H,1-2H2,(H,14,15)(H,16,17). The van der Waals surface area contributed by atoms with Gasteiger partial charge in [0.25, 0.3) is 0 Å². The van der Waals surface area contributed by atoms with Crippen molar-refractivity contribution in [1.29, 1.82) is 0 Å². The second-order valence-corrected chi connectivity index (χ2v) is 4.39. The van der Waals surface area contributed by atoms with Crippen molar-refractivity contribution in [1.82, 2.24) is 0 Å². The molecule has 0 saturated heterocycles. The van der Waals surface area contributed by atoms with Crippen molar-refractivity contribution >= 4 is 52.4 Å². The lowest BCUT2D eigenvalue weighted by molar-refractivity contribution is -0.138. The predicted molar refractivity (Wildman–Crippen MR) is 67.0 cm³/mol. The number of aliphatic carboxylic acids is 1. The van der Waals surface area contributed by atoms with Crippen molar-refractivity contribution in [2.45, 2.75) is 12.8 Å². The Morgan fingerprint density at radius 2 is 1.65 bits per heavy atom. The maximum Gasteiger partial charge on any atom is 0.303 e. The van der Waals surface area contributed by atoms with Crippen LogP contribution in [0.1, 0.15) is 12.8 Å². The summed E-state index contributed by atoms with van der Waals surface area (Å²) in [5.74, 6) is -1.46. The van der Waals surface area contributed by atoms with Gasteiger partial charge in [-0.25, -0.2) is 0 Å². The molecule has 1 rings (SSSR count). The number of carboxylic acid groups (broad SMARTS) is 1. The van der Waals surface area contributed by atoms with Gasteiger partial charge >= 0.3 is 5.97 Å². The lowest BCUT2D eigenvalue weighted by Gasteiger charge is -2.07. The summed E-state index contributed by atoms with van der Waals surface area (Å²) in [5.41, 5.74) is 0.375. The maximum atomic E-state index is 11.3. The summed E-state index contributed by atoms with van der Waals surface area (Å²) in [5, 5.41) is 11.5. The first-order chi connectivity index (χ1) is 7.90. The van der Waals surface area contributed by atoms with Gasteiger partial charge in [0, 0.05) is 12.1 Å². The van der Waals surface area contributed by atoms with Crippen molar-refractivity contribution in [3.63, 3.8) is 0 Å². The molecule has 1 amide bonds. The summed E-state index contributed by atoms with van der Waals surface area (Å²) < 4.78 is 0. The van der Waals surface area contributed by atoms with Gasteiger partial charge in [-0.15, -0.1) is 0 Å². The van der Waals surface area contributed by atoms with E-state index in [-0.39, 0.29) is 27.9 Å². The van der Waals surface area contributed by atoms with Gasteiger partial charge in [0.15, 0.2) is 0 Å². The molecule has 0 radical (unpaired) electrons. The molecule has 0 aromatic heterocycles. The zero-order valence-corrected chi connectivity index (χ0v) is 10.7. The van der Waals surface area contributed by atoms with Gasteiger partial charge < -0.3 is 10.4 Å². The van der Waals surface area contributed by atoms with E-state index in [9.17, 15) is 9.59 Å². The molecule has 0 aliphatic heterocycles. The molecule has 4 nitrogen and oxygen atoms in total. The van der Waals surface area contributed by atoms with E-state index in [4.69, 9.17) is 39.9 Å². The van der Waals surface area contributed by atoms with E-state index in [1.54, 1.807) is 0 Å². The van der Waals surface area contributed by atoms with Crippen LogP contribution in [-0.2, 0) is 9.59 Å². The number of anilines is 1. The van der Waals surface area contributed by atoms with Crippen LogP contribution in [0.3, 0.4) is 0 Å². The molecule has 1 aromatic carbocycles. The highest BCUT2D eigenvalue weighted by molar-refractivity contribution is 6.48. The minimum atomic E-state index is -1.03. The van der Waals surface area contributed by atoms with Crippen molar-refractivity contribution in [3.05, 3.63) is 27.2 Å². The first kappa shape index (κ1) is 14.1. The van der Waals surface area contributed by atoms with Crippen LogP contribution in [0.15, 0.2) is 12.1 Å². The van der Waals surface area contributed by atoms with E-state index in [0.717, 1.165) is 0 Å². The van der Waals surface area contributed by atoms with Crippen LogP contribution in [0.4, 0.5) is 5.69 Å². The van der Waals surface area contributed by atoms with Crippen molar-refractivity contribution in [3.8, 4) is 0 Å². The number of nitrogens with one attached hydrogen (secondary N) is 1. The number of carboxylic acids is 1. The van der Waals surface area contributed by atoms with Crippen LogP contribution in [0.2, 0.25) is 15.1 Å². The average molecular weight is 297 g/mol. The molecule has 0 atom stereocenters. The molecule has 2 N–H and O–H groups in total. The molecule has 7 heteroatoms. The number of hydrogen-bond donors (Lipinski definition) is 2. The molecule has 0 spiro atoms. The van der Waals surface area contributed by atoms with Crippen LogP contribution in [0.25, 0.3) is 0 Å². The Balaban J connectivity index is 2.69. The van der Waals surface area contributed by atoms with Gasteiger partial charge in [0.1, 0.15) is 0 Å². The SMILES string of the molecule is O=C(O)CCC(=O)Nc1cc(Cl)c(Cl)c(Cl)c1. The van der Waals surface area contributed by atoms with Gasteiger partial charge in [0.2, 0.25) is 5.91 Å². The van der Waals surface area contributed by atoms with E-state index >= 15 is 0 Å². The minimum Gasteiger partial charge on any atom is -0.481 e. The quantitative estimate of drug-likeness (QED) is 0.836. The first-order valence-electron chi connectivity index (χ1n) is 4.56. The minimum absolute atomic E-state index is 0.118. The van der Waals surface area contributed by atoms with E-state index in [2.05, 4.69) is 5.32 Å². The third-order valence-electron chi connectivity index (χ3n) is 1.83. The highest BCUT2D eigenvalue weighted by Gasteiger charge is 2.09. The number of carbonyl (C=O) groups excluding carboxylic acids is 1. The van der Waals surface area contributed by atoms with Crippen molar-refractivity contribution in [2.24, 2.45) is 0 Å². The van der Waals surface area contributed by atoms with E-state index < -0.39 is 11.9 Å². The zero-order valence-electron chi connectivity index (χ0n) is 8.47. The fourth-order valence-electron chi connectivity index (χ4n) is 1.07. The van der Waals surface area contributed by atoms with Gasteiger partial charge in [-0.3, -0.25) is 9.59 Å². The molecule has 0 unspecified atom stereocenters. The molecule has 92 valence electrons. The predicted octanol–water partition coefficient (Wildman–Crippen LogP) is 3.45. The number of amides is 1. The zero-order chi connectivity index (χ0) is 13.0. The van der Waals surface area contributed by atoms with Crippen LogP contribution in [0.5, 0.6) is 0 Å². The molecular formula is C10H8Cl3NO3. The smallest absolute Gasteiger partial charge is 0.303 e. The van der Waals surface area contributed by atoms with Gasteiger partial charge in [-0.2, -0.15) is 0 Å². The molecule has 17 heavy (non-hydrogen) atoms. The second kappa shape index (κ2) is 6.10. The lowest BCUT2D eigenvalue weighted by atomic mass is 10.2. The Labute approximate surface area is 112 Å². The number of benzene rings is 1. The highest BCUT2D eigenvalue weighted by Crippen LogP contribution is 2.33. The molecule has 0 heterocycles. The normalized spacial score (nSPS) is 10.1. The number of halogens is 3. The Kier molecular flexibility index (Phi) is 5.05. The second-order valence-electron chi connectivity index (χ2n) is 3.20. The Morgan fingerprint density at radius 1 is 1.12 bits per heavy atom. The molecule has 0 bridgehead atoms. The molecule has 0 aliphatic rings. The molecule has 0 aliphatic carbocycles. The summed E-state index contributed by atoms with van der Waals surface area (Å²) in [6, 6.07) is 2.88. The summed E-state index contributed by atoms with van der Waals surface area (Å²) in [7, 11) is 0.